The molecule has 0 heterocycles. The Balaban J connectivity index is 1.60. The van der Waals surface area contributed by atoms with Gasteiger partial charge in [-0.2, -0.15) is 5.10 Å². The minimum absolute atomic E-state index is 0.115. The predicted octanol–water partition coefficient (Wildman–Crippen LogP) is 5.02. The summed E-state index contributed by atoms with van der Waals surface area (Å²) < 4.78 is 25.8. The van der Waals surface area contributed by atoms with Crippen molar-refractivity contribution in [1.29, 1.82) is 0 Å². The first-order valence-electron chi connectivity index (χ1n) is 7.94. The molecule has 0 radical (unpaired) electrons. The van der Waals surface area contributed by atoms with Crippen LogP contribution in [0.1, 0.15) is 17.6 Å². The lowest BCUT2D eigenvalue weighted by Crippen LogP contribution is -2.19. The Morgan fingerprint density at radius 1 is 1.04 bits per heavy atom. The van der Waals surface area contributed by atoms with Gasteiger partial charge in [0.25, 0.3) is 6.43 Å². The summed E-state index contributed by atoms with van der Waals surface area (Å²) in [5.74, 6) is -0.115. The molecule has 3 aromatic carbocycles. The van der Waals surface area contributed by atoms with Gasteiger partial charge in [-0.25, -0.2) is 14.2 Å². The highest BCUT2D eigenvalue weighted by Gasteiger charge is 2.10. The van der Waals surface area contributed by atoms with E-state index < -0.39 is 6.43 Å². The molecule has 0 aromatic heterocycles. The summed E-state index contributed by atoms with van der Waals surface area (Å²) in [6.45, 7) is 0. The molecule has 0 spiro atoms. The molecule has 0 unspecified atom stereocenters. The smallest absolute Gasteiger partial charge is 0.264 e. The van der Waals surface area contributed by atoms with Gasteiger partial charge in [0.2, 0.25) is 5.91 Å². The number of hydrogen-bond acceptors (Lipinski definition) is 3. The number of alkyl halides is 2. The number of nitrogens with zero attached hydrogens (tertiary/aromatic N) is 1. The highest BCUT2D eigenvalue weighted by atomic mass is 32.2. The molecule has 0 saturated carbocycles. The first-order valence-corrected chi connectivity index (χ1v) is 8.93. The third-order valence-corrected chi connectivity index (χ3v) is 4.81. The molecule has 1 amide bonds. The lowest BCUT2D eigenvalue weighted by atomic mass is 10.1. The van der Waals surface area contributed by atoms with E-state index in [1.54, 1.807) is 6.07 Å². The van der Waals surface area contributed by atoms with Crippen molar-refractivity contribution in [2.75, 3.05) is 5.75 Å². The molecular weight excluding hydrogens is 354 g/mol. The minimum atomic E-state index is -2.59. The average Bonchev–Trinajstić information content (AvgIpc) is 2.66. The number of halogens is 2. The summed E-state index contributed by atoms with van der Waals surface area (Å²) in [5.41, 5.74) is 2.55. The van der Waals surface area contributed by atoms with Gasteiger partial charge in [-0.05, 0) is 16.8 Å². The van der Waals surface area contributed by atoms with Crippen LogP contribution < -0.4 is 5.43 Å². The number of rotatable bonds is 6. The molecule has 0 aliphatic carbocycles. The van der Waals surface area contributed by atoms with Crippen molar-refractivity contribution in [1.82, 2.24) is 5.43 Å². The number of hydrazone groups is 1. The van der Waals surface area contributed by atoms with Crippen molar-refractivity contribution in [3.05, 3.63) is 77.9 Å². The quantitative estimate of drug-likeness (QED) is 0.376. The number of thioether (sulfide) groups is 1. The molecule has 3 aromatic rings. The minimum Gasteiger partial charge on any atom is -0.272 e. The molecule has 0 atom stereocenters. The van der Waals surface area contributed by atoms with Gasteiger partial charge >= 0.3 is 0 Å². The zero-order valence-electron chi connectivity index (χ0n) is 13.7. The molecular formula is C20H16F2N2OS. The van der Waals surface area contributed by atoms with E-state index in [-0.39, 0.29) is 22.8 Å². The molecule has 3 nitrogen and oxygen atoms in total. The topological polar surface area (TPSA) is 41.5 Å². The summed E-state index contributed by atoms with van der Waals surface area (Å²) in [4.78, 5) is 13.0. The van der Waals surface area contributed by atoms with E-state index in [2.05, 4.69) is 10.5 Å². The monoisotopic (exact) mass is 370 g/mol. The van der Waals surface area contributed by atoms with E-state index in [0.29, 0.717) is 0 Å². The Bertz CT molecular complexity index is 939. The molecule has 26 heavy (non-hydrogen) atoms. The van der Waals surface area contributed by atoms with E-state index in [1.807, 2.05) is 42.5 Å². The van der Waals surface area contributed by atoms with Crippen molar-refractivity contribution in [3.63, 3.8) is 0 Å². The van der Waals surface area contributed by atoms with Crippen LogP contribution in [-0.2, 0) is 4.79 Å². The van der Waals surface area contributed by atoms with E-state index in [0.717, 1.165) is 15.7 Å². The lowest BCUT2D eigenvalue weighted by Gasteiger charge is -2.06. The number of benzene rings is 3. The van der Waals surface area contributed by atoms with E-state index >= 15 is 0 Å². The maximum atomic E-state index is 12.9. The average molecular weight is 370 g/mol. The van der Waals surface area contributed by atoms with Crippen molar-refractivity contribution in [2.24, 2.45) is 5.10 Å². The number of hydrogen-bond donors (Lipinski definition) is 1. The summed E-state index contributed by atoms with van der Waals surface area (Å²) in [6, 6.07) is 19.9. The molecule has 132 valence electrons. The third-order valence-electron chi connectivity index (χ3n) is 3.73. The van der Waals surface area contributed by atoms with Crippen LogP contribution >= 0.6 is 11.8 Å². The Hall–Kier alpha value is -2.73. The van der Waals surface area contributed by atoms with E-state index in [4.69, 9.17) is 0 Å². The molecule has 0 aliphatic heterocycles. The van der Waals surface area contributed by atoms with Crippen LogP contribution in [0.25, 0.3) is 10.8 Å². The van der Waals surface area contributed by atoms with Gasteiger partial charge in [0.05, 0.1) is 12.0 Å². The van der Waals surface area contributed by atoms with Gasteiger partial charge in [-0.15, -0.1) is 11.8 Å². The predicted molar refractivity (Wildman–Crippen MR) is 102 cm³/mol. The second kappa shape index (κ2) is 8.58. The van der Waals surface area contributed by atoms with Crippen LogP contribution in [0.5, 0.6) is 0 Å². The Morgan fingerprint density at radius 2 is 1.77 bits per heavy atom. The molecule has 0 saturated heterocycles. The zero-order valence-corrected chi connectivity index (χ0v) is 14.5. The van der Waals surface area contributed by atoms with Gasteiger partial charge in [0, 0.05) is 16.0 Å². The molecule has 1 N–H and O–H groups in total. The van der Waals surface area contributed by atoms with Crippen LogP contribution in [0.15, 0.2) is 76.7 Å². The second-order valence-electron chi connectivity index (χ2n) is 5.49. The molecule has 3 rings (SSSR count). The molecule has 6 heteroatoms. The standard InChI is InChI=1S/C20H16F2N2OS/c21-20(22)17-10-4-2-7-15(17)12-23-24-19(25)13-26-18-11-5-8-14-6-1-3-9-16(14)18/h1-12,20H,13H2,(H,24,25). The van der Waals surface area contributed by atoms with Crippen LogP contribution in [-0.4, -0.2) is 17.9 Å². The summed E-state index contributed by atoms with van der Waals surface area (Å²) in [6.07, 6.45) is -1.35. The van der Waals surface area contributed by atoms with Gasteiger partial charge in [0.15, 0.2) is 0 Å². The van der Waals surface area contributed by atoms with Crippen molar-refractivity contribution >= 4 is 34.7 Å². The van der Waals surface area contributed by atoms with E-state index in [9.17, 15) is 13.6 Å². The van der Waals surface area contributed by atoms with Gasteiger partial charge in [-0.1, -0.05) is 60.7 Å². The van der Waals surface area contributed by atoms with Crippen LogP contribution in [0.4, 0.5) is 8.78 Å². The SMILES string of the molecule is O=C(CSc1cccc2ccccc12)NN=Cc1ccccc1C(F)F. The molecule has 0 fully saturated rings. The van der Waals surface area contributed by atoms with E-state index in [1.165, 1.54) is 36.2 Å². The maximum absolute atomic E-state index is 12.9. The zero-order chi connectivity index (χ0) is 18.4. The first kappa shape index (κ1) is 18.1. The fraction of sp³-hybridized carbons (Fsp3) is 0.100. The lowest BCUT2D eigenvalue weighted by molar-refractivity contribution is -0.118. The summed E-state index contributed by atoms with van der Waals surface area (Å²) in [7, 11) is 0. The number of amides is 1. The van der Waals surface area contributed by atoms with Crippen molar-refractivity contribution in [3.8, 4) is 0 Å². The number of nitrogens with one attached hydrogen (secondary N) is 1. The highest BCUT2D eigenvalue weighted by molar-refractivity contribution is 8.00. The van der Waals surface area contributed by atoms with Crippen molar-refractivity contribution in [2.45, 2.75) is 11.3 Å². The first-order chi connectivity index (χ1) is 12.6. The van der Waals surface area contributed by atoms with Gasteiger partial charge in [0.1, 0.15) is 0 Å². The Morgan fingerprint density at radius 3 is 2.62 bits per heavy atom. The number of fused-ring (bicyclic) bond motifs is 1. The highest BCUT2D eigenvalue weighted by Crippen LogP contribution is 2.27. The van der Waals surface area contributed by atoms with Crippen LogP contribution in [0.3, 0.4) is 0 Å². The summed E-state index contributed by atoms with van der Waals surface area (Å²) >= 11 is 1.41. The Kier molecular flexibility index (Phi) is 5.96. The number of carbonyl (C=O) groups is 1. The fourth-order valence-corrected chi connectivity index (χ4v) is 3.37. The second-order valence-corrected chi connectivity index (χ2v) is 6.51. The maximum Gasteiger partial charge on any atom is 0.264 e. The summed E-state index contributed by atoms with van der Waals surface area (Å²) in [5, 5.41) is 5.98. The Labute approximate surface area is 154 Å². The molecule has 0 aliphatic rings. The van der Waals surface area contributed by atoms with Crippen molar-refractivity contribution < 1.29 is 13.6 Å². The third kappa shape index (κ3) is 4.46. The van der Waals surface area contributed by atoms with Crippen LogP contribution in [0.2, 0.25) is 0 Å². The fourth-order valence-electron chi connectivity index (χ4n) is 2.50. The number of carbonyl (C=O) groups excluding carboxylic acids is 1. The molecule has 0 bridgehead atoms. The van der Waals surface area contributed by atoms with Gasteiger partial charge < -0.3 is 0 Å². The largest absolute Gasteiger partial charge is 0.272 e. The van der Waals surface area contributed by atoms with Gasteiger partial charge in [-0.3, -0.25) is 4.79 Å². The van der Waals surface area contributed by atoms with Crippen LogP contribution in [0, 0.1) is 0 Å². The normalized spacial score (nSPS) is 11.3.